The van der Waals surface area contributed by atoms with E-state index in [0.717, 1.165) is 32.1 Å². The van der Waals surface area contributed by atoms with Crippen molar-refractivity contribution in [1.82, 2.24) is 10.2 Å². The number of rotatable bonds is 3. The van der Waals surface area contributed by atoms with Gasteiger partial charge in [0, 0.05) is 19.0 Å². The quantitative estimate of drug-likeness (QED) is 0.841. The molecule has 2 unspecified atom stereocenters. The lowest BCUT2D eigenvalue weighted by molar-refractivity contribution is -0.139. The molecule has 0 aromatic carbocycles. The Hall–Kier alpha value is -0.280. The molecule has 0 bridgehead atoms. The number of carbonyl (C=O) groups is 1. The molecule has 0 saturated carbocycles. The molecule has 2 fully saturated rings. The van der Waals surface area contributed by atoms with Crippen molar-refractivity contribution in [3.63, 3.8) is 0 Å². The smallest absolute Gasteiger partial charge is 0.225 e. The minimum atomic E-state index is 0. The Morgan fingerprint density at radius 3 is 2.71 bits per heavy atom. The van der Waals surface area contributed by atoms with Crippen LogP contribution in [0.2, 0.25) is 0 Å². The third-order valence-corrected chi connectivity index (χ3v) is 4.32. The minimum Gasteiger partial charge on any atom is -0.342 e. The molecule has 2 aliphatic heterocycles. The fraction of sp³-hybridized carbons (Fsp3) is 0.923. The number of carbonyl (C=O) groups excluding carboxylic acids is 1. The van der Waals surface area contributed by atoms with Crippen molar-refractivity contribution in [3.8, 4) is 0 Å². The van der Waals surface area contributed by atoms with Crippen molar-refractivity contribution < 1.29 is 4.79 Å². The van der Waals surface area contributed by atoms with E-state index < -0.39 is 0 Å². The normalized spacial score (nSPS) is 26.9. The SMILES string of the molecule is CCC1CCCN(C(=O)C(C)C2CNC2)C1.Cl. The van der Waals surface area contributed by atoms with E-state index >= 15 is 0 Å². The van der Waals surface area contributed by atoms with Crippen LogP contribution in [0.5, 0.6) is 0 Å². The van der Waals surface area contributed by atoms with Crippen LogP contribution in [0.1, 0.15) is 33.1 Å². The molecule has 1 amide bonds. The highest BCUT2D eigenvalue weighted by atomic mass is 35.5. The van der Waals surface area contributed by atoms with Gasteiger partial charge in [-0.2, -0.15) is 0 Å². The standard InChI is InChI=1S/C13H24N2O.ClH/c1-3-11-5-4-6-15(9-11)13(16)10(2)12-7-14-8-12;/h10-12,14H,3-9H2,1-2H3;1H. The molecule has 100 valence electrons. The number of hydrogen-bond donors (Lipinski definition) is 1. The van der Waals surface area contributed by atoms with Gasteiger partial charge in [0.15, 0.2) is 0 Å². The van der Waals surface area contributed by atoms with Crippen LogP contribution >= 0.6 is 12.4 Å². The summed E-state index contributed by atoms with van der Waals surface area (Å²) in [7, 11) is 0. The number of nitrogens with one attached hydrogen (secondary N) is 1. The molecule has 2 aliphatic rings. The minimum absolute atomic E-state index is 0. The van der Waals surface area contributed by atoms with Gasteiger partial charge in [-0.05, 0) is 37.8 Å². The summed E-state index contributed by atoms with van der Waals surface area (Å²) < 4.78 is 0. The summed E-state index contributed by atoms with van der Waals surface area (Å²) in [5.74, 6) is 1.93. The predicted octanol–water partition coefficient (Wildman–Crippen LogP) is 1.91. The molecular formula is C13H25ClN2O. The summed E-state index contributed by atoms with van der Waals surface area (Å²) in [4.78, 5) is 14.4. The molecule has 0 aromatic heterocycles. The maximum Gasteiger partial charge on any atom is 0.225 e. The monoisotopic (exact) mass is 260 g/mol. The Kier molecular flexibility index (Phi) is 5.74. The van der Waals surface area contributed by atoms with E-state index in [1.54, 1.807) is 0 Å². The van der Waals surface area contributed by atoms with Crippen LogP contribution in [-0.2, 0) is 4.79 Å². The molecule has 2 heterocycles. The molecule has 2 rings (SSSR count). The number of likely N-dealkylation sites (tertiary alicyclic amines) is 1. The maximum absolute atomic E-state index is 12.3. The van der Waals surface area contributed by atoms with E-state index in [2.05, 4.69) is 24.1 Å². The zero-order valence-electron chi connectivity index (χ0n) is 10.9. The molecule has 0 spiro atoms. The van der Waals surface area contributed by atoms with Gasteiger partial charge in [0.2, 0.25) is 5.91 Å². The Morgan fingerprint density at radius 2 is 2.18 bits per heavy atom. The molecule has 2 saturated heterocycles. The van der Waals surface area contributed by atoms with Gasteiger partial charge < -0.3 is 10.2 Å². The van der Waals surface area contributed by atoms with Crippen molar-refractivity contribution >= 4 is 18.3 Å². The van der Waals surface area contributed by atoms with Gasteiger partial charge >= 0.3 is 0 Å². The Labute approximate surface area is 111 Å². The van der Waals surface area contributed by atoms with Gasteiger partial charge in [-0.15, -0.1) is 12.4 Å². The topological polar surface area (TPSA) is 32.3 Å². The first kappa shape index (κ1) is 14.8. The Balaban J connectivity index is 0.00000144. The van der Waals surface area contributed by atoms with Crippen LogP contribution in [0.25, 0.3) is 0 Å². The fourth-order valence-corrected chi connectivity index (χ4v) is 2.75. The first-order valence-corrected chi connectivity index (χ1v) is 6.72. The Morgan fingerprint density at radius 1 is 1.47 bits per heavy atom. The van der Waals surface area contributed by atoms with Gasteiger partial charge in [-0.1, -0.05) is 20.3 Å². The Bertz CT molecular complexity index is 256. The zero-order chi connectivity index (χ0) is 11.5. The molecule has 0 aliphatic carbocycles. The van der Waals surface area contributed by atoms with Crippen molar-refractivity contribution in [1.29, 1.82) is 0 Å². The average molecular weight is 261 g/mol. The van der Waals surface area contributed by atoms with Crippen LogP contribution < -0.4 is 5.32 Å². The second-order valence-corrected chi connectivity index (χ2v) is 5.41. The summed E-state index contributed by atoms with van der Waals surface area (Å²) in [6.45, 7) is 8.37. The van der Waals surface area contributed by atoms with Crippen molar-refractivity contribution in [2.45, 2.75) is 33.1 Å². The lowest BCUT2D eigenvalue weighted by atomic mass is 9.86. The van der Waals surface area contributed by atoms with E-state index in [1.807, 2.05) is 0 Å². The van der Waals surface area contributed by atoms with Crippen LogP contribution in [0.15, 0.2) is 0 Å². The summed E-state index contributed by atoms with van der Waals surface area (Å²) in [6.07, 6.45) is 3.71. The van der Waals surface area contributed by atoms with Crippen LogP contribution in [0.4, 0.5) is 0 Å². The van der Waals surface area contributed by atoms with Crippen LogP contribution in [0.3, 0.4) is 0 Å². The summed E-state index contributed by atoms with van der Waals surface area (Å²) >= 11 is 0. The summed E-state index contributed by atoms with van der Waals surface area (Å²) in [5.41, 5.74) is 0. The van der Waals surface area contributed by atoms with E-state index in [1.165, 1.54) is 19.3 Å². The zero-order valence-corrected chi connectivity index (χ0v) is 11.8. The lowest BCUT2D eigenvalue weighted by Crippen LogP contribution is -2.51. The van der Waals surface area contributed by atoms with Crippen molar-refractivity contribution in [2.24, 2.45) is 17.8 Å². The number of amides is 1. The second kappa shape index (κ2) is 6.60. The van der Waals surface area contributed by atoms with Crippen molar-refractivity contribution in [2.75, 3.05) is 26.2 Å². The number of nitrogens with zero attached hydrogens (tertiary/aromatic N) is 1. The molecule has 4 heteroatoms. The van der Waals surface area contributed by atoms with E-state index in [4.69, 9.17) is 0 Å². The average Bonchev–Trinajstić information content (AvgIpc) is 2.25. The van der Waals surface area contributed by atoms with E-state index in [9.17, 15) is 4.79 Å². The van der Waals surface area contributed by atoms with Crippen molar-refractivity contribution in [3.05, 3.63) is 0 Å². The third-order valence-electron chi connectivity index (χ3n) is 4.32. The second-order valence-electron chi connectivity index (χ2n) is 5.41. The molecule has 1 N–H and O–H groups in total. The molecule has 17 heavy (non-hydrogen) atoms. The van der Waals surface area contributed by atoms with E-state index in [-0.39, 0.29) is 18.3 Å². The van der Waals surface area contributed by atoms with Crippen LogP contribution in [-0.4, -0.2) is 37.0 Å². The van der Waals surface area contributed by atoms with E-state index in [0.29, 0.717) is 11.8 Å². The summed E-state index contributed by atoms with van der Waals surface area (Å²) in [5, 5.41) is 3.25. The first-order valence-electron chi connectivity index (χ1n) is 6.72. The maximum atomic E-state index is 12.3. The highest BCUT2D eigenvalue weighted by Gasteiger charge is 2.33. The number of piperidine rings is 1. The lowest BCUT2D eigenvalue weighted by Gasteiger charge is -2.38. The molecular weight excluding hydrogens is 236 g/mol. The third kappa shape index (κ3) is 3.35. The number of hydrogen-bond acceptors (Lipinski definition) is 2. The number of halogens is 1. The van der Waals surface area contributed by atoms with Gasteiger partial charge in [0.05, 0.1) is 0 Å². The van der Waals surface area contributed by atoms with Crippen LogP contribution in [0, 0.1) is 17.8 Å². The molecule has 2 atom stereocenters. The molecule has 0 aromatic rings. The fourth-order valence-electron chi connectivity index (χ4n) is 2.75. The summed E-state index contributed by atoms with van der Waals surface area (Å²) in [6, 6.07) is 0. The van der Waals surface area contributed by atoms with Gasteiger partial charge in [-0.3, -0.25) is 4.79 Å². The van der Waals surface area contributed by atoms with Gasteiger partial charge in [0.1, 0.15) is 0 Å². The molecule has 3 nitrogen and oxygen atoms in total. The first-order chi connectivity index (χ1) is 7.72. The highest BCUT2D eigenvalue weighted by Crippen LogP contribution is 2.24. The predicted molar refractivity (Wildman–Crippen MR) is 72.4 cm³/mol. The highest BCUT2D eigenvalue weighted by molar-refractivity contribution is 5.85. The van der Waals surface area contributed by atoms with Gasteiger partial charge in [0.25, 0.3) is 0 Å². The largest absolute Gasteiger partial charge is 0.342 e. The van der Waals surface area contributed by atoms with Gasteiger partial charge in [-0.25, -0.2) is 0 Å². The molecule has 0 radical (unpaired) electrons.